The lowest BCUT2D eigenvalue weighted by Crippen LogP contribution is -2.54. The third kappa shape index (κ3) is 5.77. The Bertz CT molecular complexity index is 614. The van der Waals surface area contributed by atoms with Crippen molar-refractivity contribution >= 4 is 17.8 Å². The molecule has 1 aromatic rings. The van der Waals surface area contributed by atoms with Gasteiger partial charge >= 0.3 is 5.97 Å². The second kappa shape index (κ2) is 9.05. The molecule has 3 unspecified atom stereocenters. The van der Waals surface area contributed by atoms with E-state index in [0.29, 0.717) is 12.0 Å². The molecule has 0 saturated heterocycles. The van der Waals surface area contributed by atoms with Gasteiger partial charge in [0.1, 0.15) is 17.8 Å². The Morgan fingerprint density at radius 3 is 2.20 bits per heavy atom. The standard InChI is InChI=1S/C18H26N2O5/c1-5-11(2)16(19-12(3)21)17(23)20(4)15(18(24)25)10-13-6-8-14(22)9-7-13/h6-9,11,15-16,22H,5,10H2,1-4H3,(H,19,21)(H,24,25). The number of likely N-dealkylation sites (N-methyl/N-ethyl adjacent to an activating group) is 1. The molecule has 0 bridgehead atoms. The van der Waals surface area contributed by atoms with Crippen molar-refractivity contribution in [2.75, 3.05) is 7.05 Å². The minimum absolute atomic E-state index is 0.0857. The van der Waals surface area contributed by atoms with Gasteiger partial charge < -0.3 is 20.4 Å². The summed E-state index contributed by atoms with van der Waals surface area (Å²) in [6, 6.07) is 4.32. The molecule has 0 radical (unpaired) electrons. The number of benzene rings is 1. The van der Waals surface area contributed by atoms with E-state index in [1.54, 1.807) is 12.1 Å². The lowest BCUT2D eigenvalue weighted by Gasteiger charge is -2.31. The maximum atomic E-state index is 12.8. The van der Waals surface area contributed by atoms with Crippen molar-refractivity contribution in [3.63, 3.8) is 0 Å². The quantitative estimate of drug-likeness (QED) is 0.657. The molecule has 1 rings (SSSR count). The van der Waals surface area contributed by atoms with Crippen LogP contribution in [0.15, 0.2) is 24.3 Å². The van der Waals surface area contributed by atoms with Crippen molar-refractivity contribution in [3.8, 4) is 5.75 Å². The Kier molecular flexibility index (Phi) is 7.42. The van der Waals surface area contributed by atoms with Crippen molar-refractivity contribution in [2.45, 2.75) is 45.7 Å². The van der Waals surface area contributed by atoms with Gasteiger partial charge in [0, 0.05) is 20.4 Å². The molecule has 7 heteroatoms. The van der Waals surface area contributed by atoms with Crippen LogP contribution < -0.4 is 5.32 Å². The molecule has 0 heterocycles. The van der Waals surface area contributed by atoms with Crippen LogP contribution in [0, 0.1) is 5.92 Å². The first kappa shape index (κ1) is 20.5. The summed E-state index contributed by atoms with van der Waals surface area (Å²) < 4.78 is 0. The van der Waals surface area contributed by atoms with E-state index in [0.717, 1.165) is 0 Å². The molecule has 0 aliphatic rings. The summed E-state index contributed by atoms with van der Waals surface area (Å²) in [4.78, 5) is 37.0. The van der Waals surface area contributed by atoms with E-state index in [9.17, 15) is 24.6 Å². The Balaban J connectivity index is 3.00. The van der Waals surface area contributed by atoms with Crippen LogP contribution in [0.2, 0.25) is 0 Å². The van der Waals surface area contributed by atoms with E-state index in [4.69, 9.17) is 0 Å². The Hall–Kier alpha value is -2.57. The molecule has 0 saturated carbocycles. The molecule has 2 amide bonds. The molecule has 0 aliphatic heterocycles. The highest BCUT2D eigenvalue weighted by molar-refractivity contribution is 5.90. The average Bonchev–Trinajstić information content (AvgIpc) is 2.56. The summed E-state index contributed by atoms with van der Waals surface area (Å²) in [7, 11) is 1.43. The second-order valence-corrected chi connectivity index (χ2v) is 6.24. The molecule has 3 atom stereocenters. The fourth-order valence-corrected chi connectivity index (χ4v) is 2.52. The highest BCUT2D eigenvalue weighted by Gasteiger charge is 2.33. The molecule has 0 fully saturated rings. The number of aromatic hydroxyl groups is 1. The lowest BCUT2D eigenvalue weighted by atomic mass is 9.96. The topological polar surface area (TPSA) is 107 Å². The van der Waals surface area contributed by atoms with E-state index in [1.165, 1.54) is 31.0 Å². The van der Waals surface area contributed by atoms with Gasteiger partial charge in [-0.3, -0.25) is 9.59 Å². The van der Waals surface area contributed by atoms with E-state index in [1.807, 2.05) is 13.8 Å². The number of nitrogens with one attached hydrogen (secondary N) is 1. The molecule has 3 N–H and O–H groups in total. The number of phenolic OH excluding ortho intramolecular Hbond substituents is 1. The van der Waals surface area contributed by atoms with Crippen LogP contribution in [0.5, 0.6) is 5.75 Å². The molecule has 7 nitrogen and oxygen atoms in total. The van der Waals surface area contributed by atoms with Crippen LogP contribution in [0.25, 0.3) is 0 Å². The van der Waals surface area contributed by atoms with Crippen LogP contribution in [-0.4, -0.2) is 52.0 Å². The highest BCUT2D eigenvalue weighted by atomic mass is 16.4. The first-order chi connectivity index (χ1) is 11.7. The van der Waals surface area contributed by atoms with Crippen molar-refractivity contribution in [3.05, 3.63) is 29.8 Å². The van der Waals surface area contributed by atoms with Crippen LogP contribution in [0.1, 0.15) is 32.8 Å². The largest absolute Gasteiger partial charge is 0.508 e. The Labute approximate surface area is 147 Å². The summed E-state index contributed by atoms with van der Waals surface area (Å²) in [6.45, 7) is 5.06. The van der Waals surface area contributed by atoms with Gasteiger partial charge in [0.15, 0.2) is 0 Å². The number of carboxylic acids is 1. The van der Waals surface area contributed by atoms with E-state index in [2.05, 4.69) is 5.32 Å². The smallest absolute Gasteiger partial charge is 0.326 e. The first-order valence-corrected chi connectivity index (χ1v) is 8.21. The maximum Gasteiger partial charge on any atom is 0.326 e. The summed E-state index contributed by atoms with van der Waals surface area (Å²) >= 11 is 0. The van der Waals surface area contributed by atoms with Crippen molar-refractivity contribution in [1.82, 2.24) is 10.2 Å². The van der Waals surface area contributed by atoms with Crippen LogP contribution >= 0.6 is 0 Å². The molecule has 138 valence electrons. The predicted molar refractivity (Wildman–Crippen MR) is 93.1 cm³/mol. The minimum Gasteiger partial charge on any atom is -0.508 e. The number of phenols is 1. The Morgan fingerprint density at radius 2 is 1.76 bits per heavy atom. The number of hydrogen-bond donors (Lipinski definition) is 3. The zero-order chi connectivity index (χ0) is 19.1. The summed E-state index contributed by atoms with van der Waals surface area (Å²) in [5.74, 6) is -1.94. The fraction of sp³-hybridized carbons (Fsp3) is 0.500. The summed E-state index contributed by atoms with van der Waals surface area (Å²) in [5.41, 5.74) is 0.685. The number of rotatable bonds is 8. The zero-order valence-electron chi connectivity index (χ0n) is 15.0. The number of hydrogen-bond acceptors (Lipinski definition) is 4. The normalized spacial score (nSPS) is 14.2. The van der Waals surface area contributed by atoms with Gasteiger partial charge in [0.2, 0.25) is 11.8 Å². The van der Waals surface area contributed by atoms with Crippen molar-refractivity contribution in [1.29, 1.82) is 0 Å². The molecular weight excluding hydrogens is 324 g/mol. The van der Waals surface area contributed by atoms with Gasteiger partial charge in [0.25, 0.3) is 0 Å². The third-order valence-corrected chi connectivity index (χ3v) is 4.30. The van der Waals surface area contributed by atoms with Gasteiger partial charge in [-0.1, -0.05) is 32.4 Å². The third-order valence-electron chi connectivity index (χ3n) is 4.30. The van der Waals surface area contributed by atoms with Gasteiger partial charge in [-0.15, -0.1) is 0 Å². The molecule has 0 aliphatic carbocycles. The molecule has 25 heavy (non-hydrogen) atoms. The number of aliphatic carboxylic acids is 1. The van der Waals surface area contributed by atoms with E-state index < -0.39 is 24.0 Å². The molecule has 0 spiro atoms. The van der Waals surface area contributed by atoms with Crippen LogP contribution in [-0.2, 0) is 20.8 Å². The summed E-state index contributed by atoms with van der Waals surface area (Å²) in [6.07, 6.45) is 0.769. The fourth-order valence-electron chi connectivity index (χ4n) is 2.52. The van der Waals surface area contributed by atoms with Gasteiger partial charge in [-0.2, -0.15) is 0 Å². The monoisotopic (exact) mass is 350 g/mol. The van der Waals surface area contributed by atoms with Gasteiger partial charge in [-0.05, 0) is 23.6 Å². The number of amides is 2. The second-order valence-electron chi connectivity index (χ2n) is 6.24. The van der Waals surface area contributed by atoms with Crippen LogP contribution in [0.3, 0.4) is 0 Å². The first-order valence-electron chi connectivity index (χ1n) is 8.21. The SMILES string of the molecule is CCC(C)C(NC(C)=O)C(=O)N(C)C(Cc1ccc(O)cc1)C(=O)O. The predicted octanol–water partition coefficient (Wildman–Crippen LogP) is 1.40. The summed E-state index contributed by atoms with van der Waals surface area (Å²) in [5, 5.41) is 21.5. The molecule has 1 aromatic carbocycles. The molecular formula is C18H26N2O5. The van der Waals surface area contributed by atoms with Gasteiger partial charge in [0.05, 0.1) is 0 Å². The van der Waals surface area contributed by atoms with Crippen molar-refractivity contribution < 1.29 is 24.6 Å². The van der Waals surface area contributed by atoms with E-state index in [-0.39, 0.29) is 24.0 Å². The van der Waals surface area contributed by atoms with Gasteiger partial charge in [-0.25, -0.2) is 4.79 Å². The number of carbonyl (C=O) groups is 3. The minimum atomic E-state index is -1.13. The Morgan fingerprint density at radius 1 is 1.20 bits per heavy atom. The number of nitrogens with zero attached hydrogens (tertiary/aromatic N) is 1. The lowest BCUT2D eigenvalue weighted by molar-refractivity contribution is -0.150. The average molecular weight is 350 g/mol. The maximum absolute atomic E-state index is 12.8. The number of carbonyl (C=O) groups excluding carboxylic acids is 2. The van der Waals surface area contributed by atoms with E-state index >= 15 is 0 Å². The zero-order valence-corrected chi connectivity index (χ0v) is 15.0. The highest BCUT2D eigenvalue weighted by Crippen LogP contribution is 2.16. The molecule has 0 aromatic heterocycles. The number of carboxylic acid groups (broad SMARTS) is 1. The van der Waals surface area contributed by atoms with Crippen molar-refractivity contribution in [2.24, 2.45) is 5.92 Å². The van der Waals surface area contributed by atoms with Crippen LogP contribution in [0.4, 0.5) is 0 Å².